The Bertz CT molecular complexity index is 351. The molecular weight excluding hydrogens is 172 g/mol. The lowest BCUT2D eigenvalue weighted by molar-refractivity contribution is 1.01. The van der Waals surface area contributed by atoms with Gasteiger partial charge in [0.25, 0.3) is 0 Å². The van der Waals surface area contributed by atoms with Crippen molar-refractivity contribution in [3.05, 3.63) is 29.7 Å². The summed E-state index contributed by atoms with van der Waals surface area (Å²) in [6.07, 6.45) is 3.34. The molecule has 0 spiro atoms. The molecule has 2 aromatic rings. The van der Waals surface area contributed by atoms with E-state index in [4.69, 9.17) is 5.73 Å². The average molecular weight is 180 g/mol. The zero-order chi connectivity index (χ0) is 8.39. The van der Waals surface area contributed by atoms with Gasteiger partial charge in [0.2, 0.25) is 0 Å². The van der Waals surface area contributed by atoms with Gasteiger partial charge in [0, 0.05) is 12.1 Å². The summed E-state index contributed by atoms with van der Waals surface area (Å²) in [6.45, 7) is 0.553. The Labute approximate surface area is 73.7 Å². The Kier molecular flexibility index (Phi) is 1.89. The van der Waals surface area contributed by atoms with E-state index >= 15 is 0 Å². The molecule has 2 N–H and O–H groups in total. The van der Waals surface area contributed by atoms with Gasteiger partial charge in [-0.25, -0.2) is 0 Å². The molecule has 0 radical (unpaired) electrons. The first-order valence-electron chi connectivity index (χ1n) is 3.53. The van der Waals surface area contributed by atoms with Gasteiger partial charge in [-0.3, -0.25) is 4.57 Å². The van der Waals surface area contributed by atoms with Gasteiger partial charge < -0.3 is 5.73 Å². The van der Waals surface area contributed by atoms with E-state index < -0.39 is 0 Å². The fraction of sp³-hybridized carbons (Fsp3) is 0.143. The number of aromatic nitrogens is 3. The van der Waals surface area contributed by atoms with E-state index in [1.807, 2.05) is 16.0 Å². The highest BCUT2D eigenvalue weighted by atomic mass is 32.1. The maximum absolute atomic E-state index is 5.55. The lowest BCUT2D eigenvalue weighted by Crippen LogP contribution is -1.99. The molecule has 2 heterocycles. The van der Waals surface area contributed by atoms with E-state index in [0.29, 0.717) is 6.54 Å². The highest BCUT2D eigenvalue weighted by Crippen LogP contribution is 2.20. The van der Waals surface area contributed by atoms with E-state index in [1.165, 1.54) is 0 Å². The van der Waals surface area contributed by atoms with Crippen molar-refractivity contribution in [2.45, 2.75) is 6.54 Å². The van der Waals surface area contributed by atoms with Crippen molar-refractivity contribution in [3.8, 4) is 5.00 Å². The molecule has 0 aliphatic carbocycles. The molecule has 0 aliphatic rings. The van der Waals surface area contributed by atoms with Crippen molar-refractivity contribution >= 4 is 11.3 Å². The number of thiophene rings is 1. The molecule has 2 rings (SSSR count). The van der Waals surface area contributed by atoms with Crippen LogP contribution >= 0.6 is 11.3 Å². The van der Waals surface area contributed by atoms with E-state index in [0.717, 1.165) is 10.6 Å². The second-order valence-electron chi connectivity index (χ2n) is 2.32. The molecule has 0 unspecified atom stereocenters. The molecule has 4 nitrogen and oxygen atoms in total. The molecular formula is C7H8N4S. The van der Waals surface area contributed by atoms with Gasteiger partial charge in [-0.15, -0.1) is 21.5 Å². The van der Waals surface area contributed by atoms with Gasteiger partial charge in [-0.1, -0.05) is 0 Å². The van der Waals surface area contributed by atoms with Crippen LogP contribution < -0.4 is 5.73 Å². The zero-order valence-corrected chi connectivity index (χ0v) is 7.16. The molecule has 0 bridgehead atoms. The molecule has 0 atom stereocenters. The number of hydrogen-bond acceptors (Lipinski definition) is 4. The lowest BCUT2D eigenvalue weighted by atomic mass is 10.3. The fourth-order valence-corrected chi connectivity index (χ4v) is 1.90. The molecule has 2 aromatic heterocycles. The summed E-state index contributed by atoms with van der Waals surface area (Å²) in [7, 11) is 0. The Morgan fingerprint density at radius 1 is 1.42 bits per heavy atom. The van der Waals surface area contributed by atoms with E-state index in [9.17, 15) is 0 Å². The Morgan fingerprint density at radius 2 is 2.17 bits per heavy atom. The molecule has 62 valence electrons. The van der Waals surface area contributed by atoms with Crippen molar-refractivity contribution in [2.75, 3.05) is 0 Å². The topological polar surface area (TPSA) is 56.7 Å². The van der Waals surface area contributed by atoms with Crippen LogP contribution in [0.2, 0.25) is 0 Å². The van der Waals surface area contributed by atoms with Crippen molar-refractivity contribution in [2.24, 2.45) is 5.73 Å². The minimum atomic E-state index is 0.553. The second kappa shape index (κ2) is 3.04. The van der Waals surface area contributed by atoms with Gasteiger partial charge >= 0.3 is 0 Å². The van der Waals surface area contributed by atoms with E-state index in [1.54, 1.807) is 24.0 Å². The molecule has 0 saturated carbocycles. The third kappa shape index (κ3) is 1.13. The van der Waals surface area contributed by atoms with Crippen LogP contribution in [0.5, 0.6) is 0 Å². The predicted octanol–water partition coefficient (Wildman–Crippen LogP) is 0.787. The van der Waals surface area contributed by atoms with Crippen LogP contribution in [0.25, 0.3) is 5.00 Å². The van der Waals surface area contributed by atoms with Gasteiger partial charge in [0.15, 0.2) is 0 Å². The first-order chi connectivity index (χ1) is 5.92. The quantitative estimate of drug-likeness (QED) is 0.743. The molecule has 5 heteroatoms. The van der Waals surface area contributed by atoms with Gasteiger partial charge in [0.1, 0.15) is 17.7 Å². The lowest BCUT2D eigenvalue weighted by Gasteiger charge is -1.98. The van der Waals surface area contributed by atoms with Crippen LogP contribution in [0, 0.1) is 0 Å². The van der Waals surface area contributed by atoms with E-state index in [2.05, 4.69) is 10.2 Å². The Balaban J connectivity index is 2.46. The van der Waals surface area contributed by atoms with Crippen LogP contribution in [0.4, 0.5) is 0 Å². The first kappa shape index (κ1) is 7.45. The van der Waals surface area contributed by atoms with Gasteiger partial charge in [-0.05, 0) is 11.4 Å². The smallest absolute Gasteiger partial charge is 0.124 e. The van der Waals surface area contributed by atoms with Crippen molar-refractivity contribution in [1.29, 1.82) is 0 Å². The molecule has 0 amide bonds. The van der Waals surface area contributed by atoms with Crippen LogP contribution in [0.15, 0.2) is 24.1 Å². The number of nitrogens with zero attached hydrogens (tertiary/aromatic N) is 3. The summed E-state index contributed by atoms with van der Waals surface area (Å²) in [6, 6.07) is 2.01. The molecule has 0 aromatic carbocycles. The number of hydrogen-bond donors (Lipinski definition) is 1. The van der Waals surface area contributed by atoms with Crippen molar-refractivity contribution < 1.29 is 0 Å². The first-order valence-corrected chi connectivity index (χ1v) is 4.41. The summed E-state index contributed by atoms with van der Waals surface area (Å²) in [4.78, 5) is 0. The fourth-order valence-electron chi connectivity index (χ4n) is 1.02. The van der Waals surface area contributed by atoms with Crippen LogP contribution in [0.3, 0.4) is 0 Å². The largest absolute Gasteiger partial charge is 0.326 e. The highest BCUT2D eigenvalue weighted by Gasteiger charge is 2.03. The summed E-state index contributed by atoms with van der Waals surface area (Å²) < 4.78 is 1.87. The third-order valence-corrected chi connectivity index (χ3v) is 2.57. The van der Waals surface area contributed by atoms with E-state index in [-0.39, 0.29) is 0 Å². The van der Waals surface area contributed by atoms with Gasteiger partial charge in [-0.2, -0.15) is 0 Å². The minimum Gasteiger partial charge on any atom is -0.326 e. The summed E-state index contributed by atoms with van der Waals surface area (Å²) in [5.41, 5.74) is 6.68. The molecule has 12 heavy (non-hydrogen) atoms. The van der Waals surface area contributed by atoms with Crippen molar-refractivity contribution in [3.63, 3.8) is 0 Å². The van der Waals surface area contributed by atoms with Crippen molar-refractivity contribution in [1.82, 2.24) is 14.8 Å². The van der Waals surface area contributed by atoms with Crippen LogP contribution in [-0.4, -0.2) is 14.8 Å². The normalized spacial score (nSPS) is 10.4. The standard InChI is InChI=1S/C7H8N4S/c8-3-6-1-2-12-7(6)11-4-9-10-5-11/h1-2,4-5H,3,8H2. The third-order valence-electron chi connectivity index (χ3n) is 1.60. The Morgan fingerprint density at radius 3 is 2.83 bits per heavy atom. The highest BCUT2D eigenvalue weighted by molar-refractivity contribution is 7.12. The predicted molar refractivity (Wildman–Crippen MR) is 47.1 cm³/mol. The number of nitrogens with two attached hydrogens (primary N) is 1. The second-order valence-corrected chi connectivity index (χ2v) is 3.22. The molecule has 0 aliphatic heterocycles. The summed E-state index contributed by atoms with van der Waals surface area (Å²) in [5, 5.41) is 10.6. The molecule has 0 fully saturated rings. The van der Waals surface area contributed by atoms with Crippen LogP contribution in [-0.2, 0) is 6.54 Å². The minimum absolute atomic E-state index is 0.553. The maximum Gasteiger partial charge on any atom is 0.124 e. The zero-order valence-electron chi connectivity index (χ0n) is 6.34. The number of rotatable bonds is 2. The SMILES string of the molecule is NCc1ccsc1-n1cnnc1. The van der Waals surface area contributed by atoms with Gasteiger partial charge in [0.05, 0.1) is 0 Å². The monoisotopic (exact) mass is 180 g/mol. The van der Waals surface area contributed by atoms with Crippen LogP contribution in [0.1, 0.15) is 5.56 Å². The Hall–Kier alpha value is -1.20. The summed E-state index contributed by atoms with van der Waals surface area (Å²) in [5.74, 6) is 0. The maximum atomic E-state index is 5.55. The summed E-state index contributed by atoms with van der Waals surface area (Å²) >= 11 is 1.63. The average Bonchev–Trinajstić information content (AvgIpc) is 2.74. The molecule has 0 saturated heterocycles.